The molecule has 2 atom stereocenters. The monoisotopic (exact) mass is 385 g/mol. The van der Waals surface area contributed by atoms with E-state index >= 15 is 0 Å². The number of aryl methyl sites for hydroxylation is 3. The third-order valence-electron chi connectivity index (χ3n) is 5.30. The number of nitrogens with one attached hydrogen (secondary N) is 1. The molecular formula is C23H28ClNO2. The van der Waals surface area contributed by atoms with Crippen molar-refractivity contribution in [2.45, 2.75) is 65.0 Å². The number of amides is 1. The van der Waals surface area contributed by atoms with Crippen LogP contribution < -0.4 is 10.1 Å². The number of hydrogen-bond acceptors (Lipinski definition) is 2. The Morgan fingerprint density at radius 1 is 1.15 bits per heavy atom. The molecule has 144 valence electrons. The second-order valence-corrected chi connectivity index (χ2v) is 7.80. The zero-order valence-corrected chi connectivity index (χ0v) is 17.1. The normalized spacial score (nSPS) is 15.6. The van der Waals surface area contributed by atoms with Crippen LogP contribution in [-0.2, 0) is 17.6 Å². The Hall–Kier alpha value is -2.00. The van der Waals surface area contributed by atoms with Crippen LogP contribution in [0.2, 0.25) is 5.02 Å². The van der Waals surface area contributed by atoms with E-state index in [2.05, 4.69) is 23.5 Å². The molecule has 2 aromatic rings. The van der Waals surface area contributed by atoms with Gasteiger partial charge in [-0.15, -0.1) is 0 Å². The fraction of sp³-hybridized carbons (Fsp3) is 0.435. The highest BCUT2D eigenvalue weighted by Crippen LogP contribution is 2.25. The maximum Gasteiger partial charge on any atom is 0.261 e. The third kappa shape index (κ3) is 4.84. The summed E-state index contributed by atoms with van der Waals surface area (Å²) in [6.45, 7) is 5.91. The lowest BCUT2D eigenvalue weighted by molar-refractivity contribution is -0.128. The Morgan fingerprint density at radius 3 is 2.59 bits per heavy atom. The predicted molar refractivity (Wildman–Crippen MR) is 111 cm³/mol. The van der Waals surface area contributed by atoms with E-state index in [1.54, 1.807) is 12.1 Å². The lowest BCUT2D eigenvalue weighted by Crippen LogP contribution is -2.39. The summed E-state index contributed by atoms with van der Waals surface area (Å²) in [5, 5.41) is 3.81. The largest absolute Gasteiger partial charge is 0.481 e. The van der Waals surface area contributed by atoms with Gasteiger partial charge in [0.2, 0.25) is 0 Å². The molecule has 4 heteroatoms. The van der Waals surface area contributed by atoms with Gasteiger partial charge in [0.15, 0.2) is 6.10 Å². The molecule has 0 radical (unpaired) electrons. The van der Waals surface area contributed by atoms with Crippen molar-refractivity contribution in [1.29, 1.82) is 0 Å². The van der Waals surface area contributed by atoms with E-state index in [0.717, 1.165) is 17.5 Å². The van der Waals surface area contributed by atoms with E-state index in [1.807, 2.05) is 26.8 Å². The molecule has 0 aromatic heterocycles. The van der Waals surface area contributed by atoms with Crippen molar-refractivity contribution in [1.82, 2.24) is 5.32 Å². The first kappa shape index (κ1) is 19.8. The smallest absolute Gasteiger partial charge is 0.261 e. The van der Waals surface area contributed by atoms with E-state index in [-0.39, 0.29) is 11.9 Å². The molecule has 0 aliphatic heterocycles. The number of hydrogen-bond donors (Lipinski definition) is 1. The molecule has 1 N–H and O–H groups in total. The maximum absolute atomic E-state index is 12.7. The molecular weight excluding hydrogens is 358 g/mol. The summed E-state index contributed by atoms with van der Waals surface area (Å²) >= 11 is 6.07. The quantitative estimate of drug-likeness (QED) is 0.706. The van der Waals surface area contributed by atoms with Gasteiger partial charge in [-0.2, -0.15) is 0 Å². The van der Waals surface area contributed by atoms with Gasteiger partial charge in [-0.1, -0.05) is 36.7 Å². The van der Waals surface area contributed by atoms with Crippen LogP contribution in [0.5, 0.6) is 5.75 Å². The molecule has 1 aliphatic rings. The fourth-order valence-electron chi connectivity index (χ4n) is 3.59. The summed E-state index contributed by atoms with van der Waals surface area (Å²) in [5.74, 6) is 0.579. The summed E-state index contributed by atoms with van der Waals surface area (Å²) in [6, 6.07) is 12.0. The molecule has 2 aromatic carbocycles. The summed E-state index contributed by atoms with van der Waals surface area (Å²) < 4.78 is 5.92. The van der Waals surface area contributed by atoms with Crippen LogP contribution in [0.4, 0.5) is 0 Å². The second kappa shape index (κ2) is 8.79. The van der Waals surface area contributed by atoms with Gasteiger partial charge in [-0.05, 0) is 86.4 Å². The highest BCUT2D eigenvalue weighted by molar-refractivity contribution is 6.31. The molecule has 0 spiro atoms. The fourth-order valence-corrected chi connectivity index (χ4v) is 3.71. The van der Waals surface area contributed by atoms with Gasteiger partial charge in [0, 0.05) is 5.02 Å². The van der Waals surface area contributed by atoms with Crippen LogP contribution in [-0.4, -0.2) is 12.0 Å². The van der Waals surface area contributed by atoms with Crippen LogP contribution in [0.1, 0.15) is 61.4 Å². The molecule has 0 unspecified atom stereocenters. The Labute approximate surface area is 167 Å². The Bertz CT molecular complexity index is 818. The molecule has 1 aliphatic carbocycles. The molecule has 1 amide bonds. The van der Waals surface area contributed by atoms with Crippen LogP contribution in [0.15, 0.2) is 36.4 Å². The minimum Gasteiger partial charge on any atom is -0.481 e. The van der Waals surface area contributed by atoms with Gasteiger partial charge in [-0.25, -0.2) is 0 Å². The highest BCUT2D eigenvalue weighted by Gasteiger charge is 2.21. The Kier molecular flexibility index (Phi) is 6.43. The van der Waals surface area contributed by atoms with Crippen LogP contribution in [0.25, 0.3) is 0 Å². The molecule has 0 bridgehead atoms. The van der Waals surface area contributed by atoms with Gasteiger partial charge < -0.3 is 10.1 Å². The first-order chi connectivity index (χ1) is 13.0. The van der Waals surface area contributed by atoms with Crippen molar-refractivity contribution < 1.29 is 9.53 Å². The zero-order valence-electron chi connectivity index (χ0n) is 16.3. The first-order valence-corrected chi connectivity index (χ1v) is 10.2. The van der Waals surface area contributed by atoms with Crippen LogP contribution in [0, 0.1) is 6.92 Å². The van der Waals surface area contributed by atoms with E-state index in [1.165, 1.54) is 30.4 Å². The topological polar surface area (TPSA) is 38.3 Å². The van der Waals surface area contributed by atoms with E-state index in [0.29, 0.717) is 17.2 Å². The van der Waals surface area contributed by atoms with E-state index < -0.39 is 6.10 Å². The van der Waals surface area contributed by atoms with Crippen LogP contribution >= 0.6 is 11.6 Å². The van der Waals surface area contributed by atoms with Gasteiger partial charge >= 0.3 is 0 Å². The van der Waals surface area contributed by atoms with Crippen molar-refractivity contribution in [3.8, 4) is 5.75 Å². The highest BCUT2D eigenvalue weighted by atomic mass is 35.5. The lowest BCUT2D eigenvalue weighted by atomic mass is 9.89. The zero-order chi connectivity index (χ0) is 19.4. The number of fused-ring (bicyclic) bond motifs is 1. The minimum atomic E-state index is -0.523. The number of ether oxygens (including phenoxy) is 1. The average molecular weight is 386 g/mol. The van der Waals surface area contributed by atoms with Crippen molar-refractivity contribution in [2.75, 3.05) is 0 Å². The molecule has 0 fully saturated rings. The van der Waals surface area contributed by atoms with Crippen molar-refractivity contribution in [3.05, 3.63) is 63.7 Å². The molecule has 0 saturated heterocycles. The Morgan fingerprint density at radius 2 is 1.89 bits per heavy atom. The molecule has 3 rings (SSSR count). The van der Waals surface area contributed by atoms with Gasteiger partial charge in [-0.3, -0.25) is 4.79 Å². The number of halogens is 1. The number of benzene rings is 2. The van der Waals surface area contributed by atoms with Crippen molar-refractivity contribution in [3.63, 3.8) is 0 Å². The van der Waals surface area contributed by atoms with E-state index in [4.69, 9.17) is 16.3 Å². The molecule has 3 nitrogen and oxygen atoms in total. The standard InChI is InChI=1S/C23H28ClNO2/c1-4-22(27-20-11-12-21(24)15(2)13-20)23(26)25-16(3)18-10-9-17-7-5-6-8-19(17)14-18/h9-14,16,22H,4-8H2,1-3H3,(H,25,26)/t16-,22+/m1/s1. The SMILES string of the molecule is CC[C@H](Oc1ccc(Cl)c(C)c1)C(=O)N[C@H](C)c1ccc2c(c1)CCCC2. The average Bonchev–Trinajstić information content (AvgIpc) is 2.68. The summed E-state index contributed by atoms with van der Waals surface area (Å²) in [6.07, 6.45) is 4.92. The molecule has 27 heavy (non-hydrogen) atoms. The van der Waals surface area contributed by atoms with Crippen molar-refractivity contribution >= 4 is 17.5 Å². The summed E-state index contributed by atoms with van der Waals surface area (Å²) in [7, 11) is 0. The van der Waals surface area contributed by atoms with Crippen LogP contribution in [0.3, 0.4) is 0 Å². The Balaban J connectivity index is 1.66. The van der Waals surface area contributed by atoms with E-state index in [9.17, 15) is 4.79 Å². The number of carbonyl (C=O) groups is 1. The second-order valence-electron chi connectivity index (χ2n) is 7.39. The molecule has 0 heterocycles. The number of rotatable bonds is 6. The first-order valence-electron chi connectivity index (χ1n) is 9.82. The predicted octanol–water partition coefficient (Wildman–Crippen LogP) is 5.56. The minimum absolute atomic E-state index is 0.0469. The summed E-state index contributed by atoms with van der Waals surface area (Å²) in [5.41, 5.74) is 4.98. The van der Waals surface area contributed by atoms with Gasteiger partial charge in [0.25, 0.3) is 5.91 Å². The third-order valence-corrected chi connectivity index (χ3v) is 5.73. The van der Waals surface area contributed by atoms with Gasteiger partial charge in [0.05, 0.1) is 6.04 Å². The lowest BCUT2D eigenvalue weighted by Gasteiger charge is -2.23. The molecule has 0 saturated carbocycles. The maximum atomic E-state index is 12.7. The number of carbonyl (C=O) groups excluding carboxylic acids is 1. The summed E-state index contributed by atoms with van der Waals surface area (Å²) in [4.78, 5) is 12.7. The van der Waals surface area contributed by atoms with Gasteiger partial charge in [0.1, 0.15) is 5.75 Å². The van der Waals surface area contributed by atoms with Crippen molar-refractivity contribution in [2.24, 2.45) is 0 Å².